The summed E-state index contributed by atoms with van der Waals surface area (Å²) in [4.78, 5) is 39.7. The molecule has 0 spiro atoms. The zero-order valence-corrected chi connectivity index (χ0v) is 12.9. The lowest BCUT2D eigenvalue weighted by Gasteiger charge is -1.97. The number of aromatic carboxylic acids is 2. The fourth-order valence-electron chi connectivity index (χ4n) is 1.68. The Hall–Kier alpha value is -3.53. The van der Waals surface area contributed by atoms with E-state index in [9.17, 15) is 29.8 Å². The third kappa shape index (κ3) is 4.97. The van der Waals surface area contributed by atoms with Gasteiger partial charge >= 0.3 is 23.3 Å². The molecule has 0 atom stereocenters. The van der Waals surface area contributed by atoms with Crippen molar-refractivity contribution in [1.82, 2.24) is 0 Å². The molecular weight excluding hydrogens is 360 g/mol. The number of para-hydroxylation sites is 1. The number of rotatable bonds is 4. The largest absolute Gasteiger partial charge is 0.478 e. The standard InChI is InChI=1S/C7H5ClO2.C7H4N2O6/c8-6-4-2-1-3-5(6)7(9)10;10-7(11)4-2-1-3-5(8(12)13)6(4)9(14)15/h1-4H,(H,9,10);1-3H,(H,10,11). The van der Waals surface area contributed by atoms with Crippen molar-refractivity contribution < 1.29 is 29.6 Å². The topological polar surface area (TPSA) is 161 Å². The highest BCUT2D eigenvalue weighted by atomic mass is 35.5. The van der Waals surface area contributed by atoms with E-state index < -0.39 is 38.7 Å². The molecule has 0 heterocycles. The first-order valence-electron chi connectivity index (χ1n) is 6.29. The predicted molar refractivity (Wildman–Crippen MR) is 85.1 cm³/mol. The second-order valence-corrected chi connectivity index (χ2v) is 4.68. The highest BCUT2D eigenvalue weighted by Gasteiger charge is 2.31. The number of carbonyl (C=O) groups is 2. The summed E-state index contributed by atoms with van der Waals surface area (Å²) in [6.07, 6.45) is 0. The molecule has 0 aliphatic carbocycles. The van der Waals surface area contributed by atoms with Gasteiger partial charge in [0.1, 0.15) is 5.56 Å². The van der Waals surface area contributed by atoms with E-state index in [0.29, 0.717) is 0 Å². The number of benzene rings is 2. The highest BCUT2D eigenvalue weighted by molar-refractivity contribution is 6.33. The van der Waals surface area contributed by atoms with Gasteiger partial charge in [0.05, 0.1) is 20.4 Å². The number of nitro benzene ring substituents is 2. The van der Waals surface area contributed by atoms with Gasteiger partial charge in [-0.2, -0.15) is 0 Å². The monoisotopic (exact) mass is 368 g/mol. The molecule has 0 unspecified atom stereocenters. The SMILES string of the molecule is O=C(O)c1cccc([N+](=O)[O-])c1[N+](=O)[O-].O=C(O)c1ccccc1Cl. The maximum Gasteiger partial charge on any atom is 0.360 e. The molecule has 0 radical (unpaired) electrons. The molecule has 0 bridgehead atoms. The minimum Gasteiger partial charge on any atom is -0.478 e. The van der Waals surface area contributed by atoms with Gasteiger partial charge in [-0.05, 0) is 18.2 Å². The van der Waals surface area contributed by atoms with Crippen LogP contribution in [-0.4, -0.2) is 32.0 Å². The molecular formula is C14H9ClN2O8. The molecule has 2 aromatic rings. The Bertz CT molecular complexity index is 820. The van der Waals surface area contributed by atoms with Crippen LogP contribution in [0.1, 0.15) is 20.7 Å². The quantitative estimate of drug-likeness (QED) is 0.613. The molecule has 11 heteroatoms. The van der Waals surface area contributed by atoms with Crippen LogP contribution in [0.2, 0.25) is 5.02 Å². The normalized spacial score (nSPS) is 9.48. The van der Waals surface area contributed by atoms with Crippen molar-refractivity contribution in [2.75, 3.05) is 0 Å². The molecule has 0 saturated carbocycles. The van der Waals surface area contributed by atoms with Gasteiger partial charge in [-0.3, -0.25) is 20.2 Å². The van der Waals surface area contributed by atoms with E-state index in [1.807, 2.05) is 0 Å². The van der Waals surface area contributed by atoms with Gasteiger partial charge in [-0.25, -0.2) is 9.59 Å². The van der Waals surface area contributed by atoms with Gasteiger partial charge in [0, 0.05) is 6.07 Å². The average molecular weight is 369 g/mol. The Morgan fingerprint density at radius 3 is 1.76 bits per heavy atom. The molecule has 0 aliphatic heterocycles. The Morgan fingerprint density at radius 1 is 0.840 bits per heavy atom. The van der Waals surface area contributed by atoms with E-state index in [1.54, 1.807) is 18.2 Å². The van der Waals surface area contributed by atoms with E-state index >= 15 is 0 Å². The van der Waals surface area contributed by atoms with E-state index in [1.165, 1.54) is 6.07 Å². The van der Waals surface area contributed by atoms with Crippen LogP contribution in [0.25, 0.3) is 0 Å². The number of hydrogen-bond donors (Lipinski definition) is 2. The number of carboxylic acids is 2. The van der Waals surface area contributed by atoms with Gasteiger partial charge in [0.25, 0.3) is 0 Å². The summed E-state index contributed by atoms with van der Waals surface area (Å²) in [5.41, 5.74) is -2.40. The molecule has 0 aromatic heterocycles. The van der Waals surface area contributed by atoms with Crippen molar-refractivity contribution >= 4 is 34.9 Å². The highest BCUT2D eigenvalue weighted by Crippen LogP contribution is 2.30. The summed E-state index contributed by atoms with van der Waals surface area (Å²) in [5.74, 6) is -2.57. The van der Waals surface area contributed by atoms with Crippen molar-refractivity contribution in [2.45, 2.75) is 0 Å². The first-order chi connectivity index (χ1) is 11.7. The number of nitro groups is 2. The van der Waals surface area contributed by atoms with Crippen molar-refractivity contribution in [3.63, 3.8) is 0 Å². The third-order valence-corrected chi connectivity index (χ3v) is 3.06. The number of nitrogens with zero attached hydrogens (tertiary/aromatic N) is 2. The molecule has 2 aromatic carbocycles. The van der Waals surface area contributed by atoms with Crippen molar-refractivity contribution in [3.05, 3.63) is 78.8 Å². The number of halogens is 1. The lowest BCUT2D eigenvalue weighted by molar-refractivity contribution is -0.422. The van der Waals surface area contributed by atoms with E-state index in [-0.39, 0.29) is 10.6 Å². The maximum atomic E-state index is 10.6. The smallest absolute Gasteiger partial charge is 0.360 e. The summed E-state index contributed by atoms with van der Waals surface area (Å²) < 4.78 is 0. The fraction of sp³-hybridized carbons (Fsp3) is 0. The molecule has 0 fully saturated rings. The molecule has 0 saturated heterocycles. The summed E-state index contributed by atoms with van der Waals surface area (Å²) in [7, 11) is 0. The summed E-state index contributed by atoms with van der Waals surface area (Å²) in [6, 6.07) is 9.23. The Kier molecular flexibility index (Phi) is 6.52. The van der Waals surface area contributed by atoms with Crippen molar-refractivity contribution in [1.29, 1.82) is 0 Å². The molecule has 2 N–H and O–H groups in total. The van der Waals surface area contributed by atoms with Crippen molar-refractivity contribution in [2.24, 2.45) is 0 Å². The summed E-state index contributed by atoms with van der Waals surface area (Å²) >= 11 is 5.54. The summed E-state index contributed by atoms with van der Waals surface area (Å²) in [5, 5.41) is 38.2. The molecule has 130 valence electrons. The Morgan fingerprint density at radius 2 is 1.36 bits per heavy atom. The Balaban J connectivity index is 0.000000271. The zero-order valence-electron chi connectivity index (χ0n) is 12.2. The van der Waals surface area contributed by atoms with Gasteiger partial charge in [0.2, 0.25) is 0 Å². The van der Waals surface area contributed by atoms with Gasteiger partial charge < -0.3 is 10.2 Å². The fourth-order valence-corrected chi connectivity index (χ4v) is 1.89. The Labute approximate surface area is 144 Å². The van der Waals surface area contributed by atoms with Crippen LogP contribution >= 0.6 is 11.6 Å². The second kappa shape index (κ2) is 8.36. The van der Waals surface area contributed by atoms with Crippen LogP contribution in [-0.2, 0) is 0 Å². The predicted octanol–water partition coefficient (Wildman–Crippen LogP) is 3.24. The lowest BCUT2D eigenvalue weighted by atomic mass is 10.1. The molecule has 0 amide bonds. The second-order valence-electron chi connectivity index (χ2n) is 4.28. The van der Waals surface area contributed by atoms with Crippen molar-refractivity contribution in [3.8, 4) is 0 Å². The maximum absolute atomic E-state index is 10.6. The van der Waals surface area contributed by atoms with E-state index in [4.69, 9.17) is 21.8 Å². The average Bonchev–Trinajstić information content (AvgIpc) is 2.54. The number of carboxylic acid groups (broad SMARTS) is 2. The van der Waals surface area contributed by atoms with Crippen LogP contribution in [0.5, 0.6) is 0 Å². The van der Waals surface area contributed by atoms with Gasteiger partial charge in [-0.15, -0.1) is 0 Å². The lowest BCUT2D eigenvalue weighted by Crippen LogP contribution is -2.05. The van der Waals surface area contributed by atoms with Crippen LogP contribution in [0.4, 0.5) is 11.4 Å². The molecule has 10 nitrogen and oxygen atoms in total. The molecule has 2 rings (SSSR count). The van der Waals surface area contributed by atoms with Crippen LogP contribution in [0.3, 0.4) is 0 Å². The van der Waals surface area contributed by atoms with Crippen LogP contribution in [0.15, 0.2) is 42.5 Å². The zero-order chi connectivity index (χ0) is 19.1. The summed E-state index contributed by atoms with van der Waals surface area (Å²) in [6.45, 7) is 0. The number of hydrogen-bond acceptors (Lipinski definition) is 6. The molecule has 0 aliphatic rings. The third-order valence-electron chi connectivity index (χ3n) is 2.73. The van der Waals surface area contributed by atoms with E-state index in [2.05, 4.69) is 0 Å². The van der Waals surface area contributed by atoms with Gasteiger partial charge in [0.15, 0.2) is 0 Å². The minimum absolute atomic E-state index is 0.143. The van der Waals surface area contributed by atoms with Gasteiger partial charge in [-0.1, -0.05) is 29.8 Å². The van der Waals surface area contributed by atoms with Crippen LogP contribution in [0, 0.1) is 20.2 Å². The molecule has 25 heavy (non-hydrogen) atoms. The first kappa shape index (κ1) is 19.5. The first-order valence-corrected chi connectivity index (χ1v) is 6.67. The van der Waals surface area contributed by atoms with E-state index in [0.717, 1.165) is 18.2 Å². The minimum atomic E-state index is -1.58. The van der Waals surface area contributed by atoms with Crippen LogP contribution < -0.4 is 0 Å².